The highest BCUT2D eigenvalue weighted by Crippen LogP contribution is 2.16. The Morgan fingerprint density at radius 3 is 2.88 bits per heavy atom. The van der Waals surface area contributed by atoms with Crippen LogP contribution in [0.15, 0.2) is 5.38 Å². The van der Waals surface area contributed by atoms with E-state index in [1.807, 2.05) is 0 Å². The number of hydrogen-bond donors (Lipinski definition) is 3. The molecule has 0 aromatic carbocycles. The zero-order valence-corrected chi connectivity index (χ0v) is 9.42. The van der Waals surface area contributed by atoms with E-state index in [1.165, 1.54) is 11.3 Å². The molecule has 1 aromatic rings. The summed E-state index contributed by atoms with van der Waals surface area (Å²) in [6.07, 6.45) is 0.748. The topological polar surface area (TPSA) is 105 Å². The number of nitrogens with two attached hydrogens (primary N) is 1. The van der Waals surface area contributed by atoms with E-state index in [0.717, 1.165) is 5.69 Å². The Hall–Kier alpha value is -1.63. The summed E-state index contributed by atoms with van der Waals surface area (Å²) in [4.78, 5) is 25.0. The fraction of sp³-hybridized carbons (Fsp3) is 0.444. The van der Waals surface area contributed by atoms with Crippen LogP contribution in [0.1, 0.15) is 18.5 Å². The number of nitrogens with zero attached hydrogens (tertiary/aromatic N) is 1. The third-order valence-corrected chi connectivity index (χ3v) is 2.64. The van der Waals surface area contributed by atoms with Gasteiger partial charge in [-0.25, -0.2) is 4.98 Å². The largest absolute Gasteiger partial charge is 0.481 e. The van der Waals surface area contributed by atoms with Crippen LogP contribution in [0.5, 0.6) is 0 Å². The Morgan fingerprint density at radius 1 is 1.50 bits per heavy atom. The van der Waals surface area contributed by atoms with Crippen molar-refractivity contribution >= 4 is 28.3 Å². The summed E-state index contributed by atoms with van der Waals surface area (Å²) in [7, 11) is 0. The van der Waals surface area contributed by atoms with Crippen molar-refractivity contribution in [3.63, 3.8) is 0 Å². The van der Waals surface area contributed by atoms with E-state index in [-0.39, 0.29) is 18.7 Å². The number of primary amides is 1. The number of aliphatic carboxylic acids is 1. The lowest BCUT2D eigenvalue weighted by Gasteiger charge is -1.98. The van der Waals surface area contributed by atoms with E-state index in [1.54, 1.807) is 5.38 Å². The maximum atomic E-state index is 10.5. The highest BCUT2D eigenvalue weighted by atomic mass is 32.1. The molecule has 0 spiro atoms. The molecule has 0 radical (unpaired) electrons. The summed E-state index contributed by atoms with van der Waals surface area (Å²) in [5.41, 5.74) is 5.73. The quantitative estimate of drug-likeness (QED) is 0.644. The minimum Gasteiger partial charge on any atom is -0.481 e. The second kappa shape index (κ2) is 6.06. The molecule has 7 heteroatoms. The molecule has 16 heavy (non-hydrogen) atoms. The Balaban J connectivity index is 2.33. The Labute approximate surface area is 96.5 Å². The maximum Gasteiger partial charge on any atom is 0.303 e. The lowest BCUT2D eigenvalue weighted by Crippen LogP contribution is -2.15. The van der Waals surface area contributed by atoms with Gasteiger partial charge in [-0.15, -0.1) is 11.3 Å². The van der Waals surface area contributed by atoms with Crippen LogP contribution in [0.2, 0.25) is 0 Å². The van der Waals surface area contributed by atoms with Crippen molar-refractivity contribution in [2.45, 2.75) is 19.3 Å². The van der Waals surface area contributed by atoms with Crippen LogP contribution in [-0.4, -0.2) is 28.5 Å². The van der Waals surface area contributed by atoms with Gasteiger partial charge in [-0.3, -0.25) is 9.59 Å². The van der Waals surface area contributed by atoms with Crippen molar-refractivity contribution in [3.8, 4) is 0 Å². The number of carboxylic acids is 1. The summed E-state index contributed by atoms with van der Waals surface area (Å²) in [5.74, 6) is -1.20. The van der Waals surface area contributed by atoms with Gasteiger partial charge in [0.15, 0.2) is 5.13 Å². The van der Waals surface area contributed by atoms with Gasteiger partial charge in [-0.05, 0) is 0 Å². The molecule has 88 valence electrons. The number of anilines is 1. The van der Waals surface area contributed by atoms with Crippen molar-refractivity contribution in [1.29, 1.82) is 0 Å². The average Bonchev–Trinajstić information content (AvgIpc) is 2.62. The molecule has 6 nitrogen and oxygen atoms in total. The minimum absolute atomic E-state index is 0.0739. The van der Waals surface area contributed by atoms with Gasteiger partial charge in [0.25, 0.3) is 0 Å². The smallest absolute Gasteiger partial charge is 0.303 e. The molecule has 0 unspecified atom stereocenters. The van der Waals surface area contributed by atoms with Crippen LogP contribution in [0.4, 0.5) is 5.13 Å². The number of nitrogens with one attached hydrogen (secondary N) is 1. The van der Waals surface area contributed by atoms with Crippen LogP contribution >= 0.6 is 11.3 Å². The van der Waals surface area contributed by atoms with Crippen molar-refractivity contribution in [2.24, 2.45) is 5.73 Å². The normalized spacial score (nSPS) is 10.0. The lowest BCUT2D eigenvalue weighted by molar-refractivity contribution is -0.137. The van der Waals surface area contributed by atoms with Crippen molar-refractivity contribution in [2.75, 3.05) is 11.9 Å². The van der Waals surface area contributed by atoms with Crippen LogP contribution in [0.25, 0.3) is 0 Å². The number of thiazole rings is 1. The number of aryl methyl sites for hydroxylation is 1. The SMILES string of the molecule is NC(=O)CCNc1nc(CCC(=O)O)cs1. The zero-order chi connectivity index (χ0) is 12.0. The van der Waals surface area contributed by atoms with Gasteiger partial charge < -0.3 is 16.2 Å². The minimum atomic E-state index is -0.837. The molecule has 1 aromatic heterocycles. The molecule has 0 aliphatic rings. The second-order valence-electron chi connectivity index (χ2n) is 3.18. The van der Waals surface area contributed by atoms with Crippen LogP contribution in [0.3, 0.4) is 0 Å². The Bertz CT molecular complexity index is 378. The molecular formula is C9H13N3O3S. The molecule has 0 saturated carbocycles. The third kappa shape index (κ3) is 4.74. The maximum absolute atomic E-state index is 10.5. The molecule has 0 bridgehead atoms. The van der Waals surface area contributed by atoms with E-state index in [9.17, 15) is 9.59 Å². The molecule has 1 amide bonds. The Kier molecular flexibility index (Phi) is 4.71. The fourth-order valence-electron chi connectivity index (χ4n) is 1.03. The number of carbonyl (C=O) groups excluding carboxylic acids is 1. The summed E-state index contributed by atoms with van der Waals surface area (Å²) < 4.78 is 0. The van der Waals surface area contributed by atoms with Crippen molar-refractivity contribution in [1.82, 2.24) is 4.98 Å². The van der Waals surface area contributed by atoms with Crippen LogP contribution in [-0.2, 0) is 16.0 Å². The summed E-state index contributed by atoms with van der Waals surface area (Å²) in [6, 6.07) is 0. The molecule has 0 aliphatic carbocycles. The van der Waals surface area contributed by atoms with E-state index < -0.39 is 5.97 Å². The number of aromatic nitrogens is 1. The van der Waals surface area contributed by atoms with Crippen molar-refractivity contribution < 1.29 is 14.7 Å². The van der Waals surface area contributed by atoms with Crippen molar-refractivity contribution in [3.05, 3.63) is 11.1 Å². The molecule has 0 fully saturated rings. The van der Waals surface area contributed by atoms with E-state index in [0.29, 0.717) is 18.1 Å². The molecule has 0 aliphatic heterocycles. The van der Waals surface area contributed by atoms with Gasteiger partial charge >= 0.3 is 5.97 Å². The van der Waals surface area contributed by atoms with Gasteiger partial charge in [0.1, 0.15) is 0 Å². The number of rotatable bonds is 7. The first-order valence-corrected chi connectivity index (χ1v) is 5.64. The zero-order valence-electron chi connectivity index (χ0n) is 8.60. The number of carboxylic acid groups (broad SMARTS) is 1. The highest BCUT2D eigenvalue weighted by molar-refractivity contribution is 7.13. The van der Waals surface area contributed by atoms with E-state index in [2.05, 4.69) is 10.3 Å². The monoisotopic (exact) mass is 243 g/mol. The molecule has 1 heterocycles. The standard InChI is InChI=1S/C9H13N3O3S/c10-7(13)3-4-11-9-12-6(5-16-9)1-2-8(14)15/h5H,1-4H2,(H2,10,13)(H,11,12)(H,14,15). The predicted molar refractivity (Wildman–Crippen MR) is 60.4 cm³/mol. The van der Waals surface area contributed by atoms with E-state index >= 15 is 0 Å². The second-order valence-corrected chi connectivity index (χ2v) is 4.04. The van der Waals surface area contributed by atoms with Crippen LogP contribution < -0.4 is 11.1 Å². The molecular weight excluding hydrogens is 230 g/mol. The molecule has 4 N–H and O–H groups in total. The van der Waals surface area contributed by atoms with Crippen LogP contribution in [0, 0.1) is 0 Å². The number of hydrogen-bond acceptors (Lipinski definition) is 5. The molecule has 1 rings (SSSR count). The average molecular weight is 243 g/mol. The summed E-state index contributed by atoms with van der Waals surface area (Å²) >= 11 is 1.39. The first-order chi connectivity index (χ1) is 7.58. The Morgan fingerprint density at radius 2 is 2.25 bits per heavy atom. The van der Waals surface area contributed by atoms with Gasteiger partial charge in [0.2, 0.25) is 5.91 Å². The van der Waals surface area contributed by atoms with E-state index in [4.69, 9.17) is 10.8 Å². The van der Waals surface area contributed by atoms with Gasteiger partial charge in [0.05, 0.1) is 12.1 Å². The van der Waals surface area contributed by atoms with Gasteiger partial charge in [-0.1, -0.05) is 0 Å². The summed E-state index contributed by atoms with van der Waals surface area (Å²) in [6.45, 7) is 0.446. The van der Waals surface area contributed by atoms with Gasteiger partial charge in [0, 0.05) is 24.8 Å². The molecule has 0 atom stereocenters. The highest BCUT2D eigenvalue weighted by Gasteiger charge is 2.04. The lowest BCUT2D eigenvalue weighted by atomic mass is 10.2. The first-order valence-electron chi connectivity index (χ1n) is 4.76. The fourth-order valence-corrected chi connectivity index (χ4v) is 1.80. The third-order valence-electron chi connectivity index (χ3n) is 1.79. The predicted octanol–water partition coefficient (Wildman–Crippen LogP) is 0.448. The first kappa shape index (κ1) is 12.4. The number of carbonyl (C=O) groups is 2. The van der Waals surface area contributed by atoms with Gasteiger partial charge in [-0.2, -0.15) is 0 Å². The summed E-state index contributed by atoms with van der Waals surface area (Å²) in [5, 5.41) is 13.9. The molecule has 0 saturated heterocycles. The number of amides is 1.